The van der Waals surface area contributed by atoms with E-state index in [0.717, 1.165) is 63.6 Å². The first-order chi connectivity index (χ1) is 14.1. The van der Waals surface area contributed by atoms with Crippen LogP contribution in [0.5, 0.6) is 0 Å². The van der Waals surface area contributed by atoms with Crippen molar-refractivity contribution in [2.24, 2.45) is 5.41 Å². The number of amides is 2. The summed E-state index contributed by atoms with van der Waals surface area (Å²) in [7, 11) is 0. The fourth-order valence-corrected chi connectivity index (χ4v) is 5.53. The van der Waals surface area contributed by atoms with E-state index in [0.29, 0.717) is 24.8 Å². The fraction of sp³-hybridized carbons (Fsp3) is 0.583. The van der Waals surface area contributed by atoms with E-state index in [1.165, 1.54) is 10.9 Å². The van der Waals surface area contributed by atoms with E-state index in [4.69, 9.17) is 0 Å². The molecule has 1 aromatic heterocycles. The number of nitrogens with zero attached hydrogens (tertiary/aromatic N) is 1. The molecule has 1 saturated heterocycles. The van der Waals surface area contributed by atoms with Gasteiger partial charge in [0.25, 0.3) is 0 Å². The van der Waals surface area contributed by atoms with Gasteiger partial charge in [0.05, 0.1) is 0 Å². The highest BCUT2D eigenvalue weighted by atomic mass is 16.2. The Balaban J connectivity index is 1.29. The molecule has 5 nitrogen and oxygen atoms in total. The topological polar surface area (TPSA) is 65.2 Å². The largest absolute Gasteiger partial charge is 0.361 e. The Morgan fingerprint density at radius 2 is 2.17 bits per heavy atom. The van der Waals surface area contributed by atoms with E-state index in [2.05, 4.69) is 46.5 Å². The number of likely N-dealkylation sites (tertiary alicyclic amines) is 1. The molecule has 0 unspecified atom stereocenters. The zero-order chi connectivity index (χ0) is 20.3. The van der Waals surface area contributed by atoms with Crippen molar-refractivity contribution in [3.8, 4) is 0 Å². The van der Waals surface area contributed by atoms with Crippen LogP contribution in [0, 0.1) is 5.41 Å². The normalized spacial score (nSPS) is 24.1. The summed E-state index contributed by atoms with van der Waals surface area (Å²) in [6.45, 7) is 3.70. The number of rotatable bonds is 8. The number of piperidine rings is 1. The van der Waals surface area contributed by atoms with Crippen molar-refractivity contribution in [2.75, 3.05) is 13.1 Å². The molecule has 0 radical (unpaired) electrons. The first-order valence-corrected chi connectivity index (χ1v) is 11.2. The number of carbonyl (C=O) groups is 2. The predicted octanol–water partition coefficient (Wildman–Crippen LogP) is 4.18. The molecule has 0 bridgehead atoms. The average molecular weight is 396 g/mol. The Kier molecular flexibility index (Phi) is 5.93. The average Bonchev–Trinajstić information content (AvgIpc) is 3.34. The second-order valence-corrected chi connectivity index (χ2v) is 8.85. The van der Waals surface area contributed by atoms with Gasteiger partial charge in [-0.15, -0.1) is 0 Å². The quantitative estimate of drug-likeness (QED) is 0.704. The van der Waals surface area contributed by atoms with Crippen molar-refractivity contribution in [3.63, 3.8) is 0 Å². The van der Waals surface area contributed by atoms with Crippen LogP contribution in [0.4, 0.5) is 0 Å². The number of fused-ring (bicyclic) bond motifs is 2. The van der Waals surface area contributed by atoms with Crippen LogP contribution in [-0.2, 0) is 16.0 Å². The molecule has 156 valence electrons. The van der Waals surface area contributed by atoms with E-state index in [1.54, 1.807) is 0 Å². The maximum Gasteiger partial charge on any atom is 0.222 e. The maximum absolute atomic E-state index is 12.5. The van der Waals surface area contributed by atoms with Crippen molar-refractivity contribution in [2.45, 2.75) is 70.8 Å². The van der Waals surface area contributed by atoms with E-state index >= 15 is 0 Å². The smallest absolute Gasteiger partial charge is 0.222 e. The zero-order valence-electron chi connectivity index (χ0n) is 17.5. The minimum absolute atomic E-state index is 0.0928. The molecule has 1 aliphatic carbocycles. The fourth-order valence-electron chi connectivity index (χ4n) is 5.53. The molecule has 2 heterocycles. The lowest BCUT2D eigenvalue weighted by Gasteiger charge is -2.46. The zero-order valence-corrected chi connectivity index (χ0v) is 17.5. The highest BCUT2D eigenvalue weighted by Crippen LogP contribution is 2.47. The van der Waals surface area contributed by atoms with Gasteiger partial charge < -0.3 is 15.2 Å². The van der Waals surface area contributed by atoms with E-state index in [1.807, 2.05) is 6.07 Å². The van der Waals surface area contributed by atoms with Crippen LogP contribution in [0.1, 0.15) is 63.9 Å². The van der Waals surface area contributed by atoms with Crippen molar-refractivity contribution in [1.82, 2.24) is 15.2 Å². The van der Waals surface area contributed by atoms with Crippen LogP contribution < -0.4 is 5.32 Å². The number of aromatic amines is 1. The highest BCUT2D eigenvalue weighted by Gasteiger charge is 2.49. The van der Waals surface area contributed by atoms with Crippen molar-refractivity contribution in [3.05, 3.63) is 36.0 Å². The first kappa shape index (κ1) is 20.0. The van der Waals surface area contributed by atoms with Gasteiger partial charge in [0.15, 0.2) is 0 Å². The van der Waals surface area contributed by atoms with E-state index < -0.39 is 0 Å². The predicted molar refractivity (Wildman–Crippen MR) is 116 cm³/mol. The number of hydrogen-bond acceptors (Lipinski definition) is 2. The minimum atomic E-state index is 0.0928. The van der Waals surface area contributed by atoms with Crippen LogP contribution >= 0.6 is 0 Å². The molecular formula is C24H33N3O2. The molecule has 2 amide bonds. The summed E-state index contributed by atoms with van der Waals surface area (Å²) in [4.78, 5) is 30.3. The van der Waals surface area contributed by atoms with Gasteiger partial charge in [-0.2, -0.15) is 0 Å². The second-order valence-electron chi connectivity index (χ2n) is 8.85. The third-order valence-corrected chi connectivity index (χ3v) is 7.02. The van der Waals surface area contributed by atoms with Crippen LogP contribution in [0.3, 0.4) is 0 Å². The van der Waals surface area contributed by atoms with Crippen LogP contribution in [0.25, 0.3) is 10.9 Å². The summed E-state index contributed by atoms with van der Waals surface area (Å²) in [5, 5.41) is 4.48. The summed E-state index contributed by atoms with van der Waals surface area (Å²) in [5.41, 5.74) is 2.53. The van der Waals surface area contributed by atoms with Gasteiger partial charge in [-0.3, -0.25) is 9.59 Å². The molecule has 1 aliphatic heterocycles. The molecule has 2 fully saturated rings. The number of para-hydroxylation sites is 1. The molecule has 29 heavy (non-hydrogen) atoms. The van der Waals surface area contributed by atoms with Gasteiger partial charge in [0, 0.05) is 54.5 Å². The highest BCUT2D eigenvalue weighted by molar-refractivity contribution is 5.83. The number of carbonyl (C=O) groups excluding carboxylic acids is 2. The van der Waals surface area contributed by atoms with Gasteiger partial charge in [-0.05, 0) is 50.2 Å². The Morgan fingerprint density at radius 1 is 1.31 bits per heavy atom. The number of aromatic nitrogens is 1. The molecule has 4 rings (SSSR count). The molecular weight excluding hydrogens is 362 g/mol. The van der Waals surface area contributed by atoms with E-state index in [-0.39, 0.29) is 11.3 Å². The van der Waals surface area contributed by atoms with Crippen LogP contribution in [-0.4, -0.2) is 40.8 Å². The first-order valence-electron chi connectivity index (χ1n) is 11.2. The monoisotopic (exact) mass is 395 g/mol. The molecule has 2 N–H and O–H groups in total. The molecule has 0 spiro atoms. The number of benzene rings is 1. The molecule has 2 aromatic rings. The van der Waals surface area contributed by atoms with Crippen molar-refractivity contribution in [1.29, 1.82) is 0 Å². The standard InChI is InChI=1S/C24H33N3O2/c1-2-15-27-21-10-6-13-24(21,14-12-23(27)29)17-26-22(28)11-5-7-18-16-25-20-9-4-3-8-19(18)20/h3-4,8-9,16,21,25H,2,5-7,10-15,17H2,1H3,(H,26,28)/t21-,24+/m1/s1. The number of H-pyrrole nitrogens is 1. The van der Waals surface area contributed by atoms with Crippen LogP contribution in [0.2, 0.25) is 0 Å². The Hall–Kier alpha value is -2.30. The Labute approximate surface area is 173 Å². The lowest BCUT2D eigenvalue weighted by atomic mass is 9.74. The van der Waals surface area contributed by atoms with Gasteiger partial charge >= 0.3 is 0 Å². The van der Waals surface area contributed by atoms with Gasteiger partial charge in [0.1, 0.15) is 0 Å². The van der Waals surface area contributed by atoms with Crippen LogP contribution in [0.15, 0.2) is 30.5 Å². The lowest BCUT2D eigenvalue weighted by molar-refractivity contribution is -0.142. The summed E-state index contributed by atoms with van der Waals surface area (Å²) < 4.78 is 0. The Bertz CT molecular complexity index is 874. The minimum Gasteiger partial charge on any atom is -0.361 e. The Morgan fingerprint density at radius 3 is 3.03 bits per heavy atom. The molecule has 2 atom stereocenters. The van der Waals surface area contributed by atoms with Gasteiger partial charge in [-0.25, -0.2) is 0 Å². The number of aryl methyl sites for hydroxylation is 1. The summed E-state index contributed by atoms with van der Waals surface area (Å²) >= 11 is 0. The molecule has 1 saturated carbocycles. The van der Waals surface area contributed by atoms with Crippen molar-refractivity contribution >= 4 is 22.7 Å². The maximum atomic E-state index is 12.5. The molecule has 1 aromatic carbocycles. The summed E-state index contributed by atoms with van der Waals surface area (Å²) in [6, 6.07) is 8.62. The molecule has 5 heteroatoms. The van der Waals surface area contributed by atoms with Gasteiger partial charge in [-0.1, -0.05) is 31.5 Å². The lowest BCUT2D eigenvalue weighted by Crippen LogP contribution is -2.56. The summed E-state index contributed by atoms with van der Waals surface area (Å²) in [5.74, 6) is 0.447. The SMILES string of the molecule is CCCN1C(=O)CC[C@]2(CNC(=O)CCCc3c[nH]c4ccccc34)CCC[C@@H]12. The third-order valence-electron chi connectivity index (χ3n) is 7.02. The number of hydrogen-bond donors (Lipinski definition) is 2. The summed E-state index contributed by atoms with van der Waals surface area (Å²) in [6.07, 6.45) is 10.3. The van der Waals surface area contributed by atoms with E-state index in [9.17, 15) is 9.59 Å². The molecule has 2 aliphatic rings. The second kappa shape index (κ2) is 8.60. The third kappa shape index (κ3) is 4.05. The van der Waals surface area contributed by atoms with Crippen molar-refractivity contribution < 1.29 is 9.59 Å². The van der Waals surface area contributed by atoms with Gasteiger partial charge in [0.2, 0.25) is 11.8 Å². The number of nitrogens with one attached hydrogen (secondary N) is 2.